The number of aromatic nitrogens is 1. The summed E-state index contributed by atoms with van der Waals surface area (Å²) in [6.45, 7) is 1.39. The number of pyridine rings is 1. The van der Waals surface area contributed by atoms with Gasteiger partial charge in [0.05, 0.1) is 0 Å². The average Bonchev–Trinajstić information content (AvgIpc) is 2.33. The molecule has 1 aromatic rings. The molecule has 1 aromatic heterocycles. The standard InChI is InChI=1S/C13H19N3O/c1-16(10-13(9-14)6-4-7-13)12(17)11-5-2-3-8-15-11/h2-3,5,8H,4,6-7,9-10,14H2,1H3. The highest BCUT2D eigenvalue weighted by Crippen LogP contribution is 2.40. The van der Waals surface area contributed by atoms with Gasteiger partial charge >= 0.3 is 0 Å². The number of amides is 1. The minimum absolute atomic E-state index is 0.0228. The molecule has 0 aliphatic heterocycles. The van der Waals surface area contributed by atoms with Crippen molar-refractivity contribution in [2.45, 2.75) is 19.3 Å². The number of nitrogens with two attached hydrogens (primary N) is 1. The van der Waals surface area contributed by atoms with Crippen LogP contribution in [0.2, 0.25) is 0 Å². The third-order valence-corrected chi connectivity index (χ3v) is 3.65. The fourth-order valence-electron chi connectivity index (χ4n) is 2.36. The Labute approximate surface area is 102 Å². The average molecular weight is 233 g/mol. The Kier molecular flexibility index (Phi) is 3.43. The van der Waals surface area contributed by atoms with Crippen molar-refractivity contribution in [2.75, 3.05) is 20.1 Å². The first-order chi connectivity index (χ1) is 8.17. The van der Waals surface area contributed by atoms with Crippen molar-refractivity contribution in [2.24, 2.45) is 11.1 Å². The molecule has 1 amide bonds. The van der Waals surface area contributed by atoms with Crippen LogP contribution >= 0.6 is 0 Å². The molecule has 2 rings (SSSR count). The zero-order valence-electron chi connectivity index (χ0n) is 10.2. The van der Waals surface area contributed by atoms with E-state index in [2.05, 4.69) is 4.98 Å². The van der Waals surface area contributed by atoms with Gasteiger partial charge in [-0.1, -0.05) is 12.5 Å². The Morgan fingerprint density at radius 2 is 2.29 bits per heavy atom. The van der Waals surface area contributed by atoms with E-state index < -0.39 is 0 Å². The van der Waals surface area contributed by atoms with Crippen molar-refractivity contribution < 1.29 is 4.79 Å². The Morgan fingerprint density at radius 1 is 1.53 bits per heavy atom. The maximum Gasteiger partial charge on any atom is 0.272 e. The zero-order valence-corrected chi connectivity index (χ0v) is 10.2. The number of rotatable bonds is 4. The molecule has 4 nitrogen and oxygen atoms in total. The highest BCUT2D eigenvalue weighted by Gasteiger charge is 2.37. The minimum atomic E-state index is -0.0228. The summed E-state index contributed by atoms with van der Waals surface area (Å²) in [7, 11) is 1.83. The van der Waals surface area contributed by atoms with Crippen LogP contribution < -0.4 is 5.73 Å². The van der Waals surface area contributed by atoms with Gasteiger partial charge in [-0.3, -0.25) is 9.78 Å². The van der Waals surface area contributed by atoms with Gasteiger partial charge in [-0.15, -0.1) is 0 Å². The number of hydrogen-bond acceptors (Lipinski definition) is 3. The van der Waals surface area contributed by atoms with Crippen LogP contribution in [0.3, 0.4) is 0 Å². The highest BCUT2D eigenvalue weighted by atomic mass is 16.2. The number of hydrogen-bond donors (Lipinski definition) is 1. The van der Waals surface area contributed by atoms with Crippen molar-refractivity contribution >= 4 is 5.91 Å². The maximum atomic E-state index is 12.1. The molecular formula is C13H19N3O. The lowest BCUT2D eigenvalue weighted by atomic mass is 9.68. The highest BCUT2D eigenvalue weighted by molar-refractivity contribution is 5.92. The van der Waals surface area contributed by atoms with Gasteiger partial charge in [0.25, 0.3) is 5.91 Å². The Morgan fingerprint density at radius 3 is 2.76 bits per heavy atom. The first-order valence-corrected chi connectivity index (χ1v) is 6.03. The SMILES string of the molecule is CN(CC1(CN)CCC1)C(=O)c1ccccn1. The van der Waals surface area contributed by atoms with Gasteiger partial charge in [0.2, 0.25) is 0 Å². The van der Waals surface area contributed by atoms with E-state index in [9.17, 15) is 4.79 Å². The van der Waals surface area contributed by atoms with Crippen molar-refractivity contribution in [3.63, 3.8) is 0 Å². The minimum Gasteiger partial charge on any atom is -0.340 e. The van der Waals surface area contributed by atoms with E-state index >= 15 is 0 Å². The number of nitrogens with zero attached hydrogens (tertiary/aromatic N) is 2. The van der Waals surface area contributed by atoms with Gasteiger partial charge in [0.15, 0.2) is 0 Å². The molecule has 0 unspecified atom stereocenters. The topological polar surface area (TPSA) is 59.2 Å². The van der Waals surface area contributed by atoms with Crippen molar-refractivity contribution in [3.8, 4) is 0 Å². The second kappa shape index (κ2) is 4.84. The van der Waals surface area contributed by atoms with E-state index in [-0.39, 0.29) is 11.3 Å². The molecular weight excluding hydrogens is 214 g/mol. The molecule has 2 N–H and O–H groups in total. The van der Waals surface area contributed by atoms with E-state index in [4.69, 9.17) is 5.73 Å². The van der Waals surface area contributed by atoms with Crippen LogP contribution in [0.25, 0.3) is 0 Å². The molecule has 0 atom stereocenters. The van der Waals surface area contributed by atoms with Crippen LogP contribution in [0.1, 0.15) is 29.8 Å². The van der Waals surface area contributed by atoms with Crippen molar-refractivity contribution in [3.05, 3.63) is 30.1 Å². The van der Waals surface area contributed by atoms with E-state index in [0.29, 0.717) is 12.2 Å². The van der Waals surface area contributed by atoms with Crippen LogP contribution in [-0.4, -0.2) is 35.9 Å². The van der Waals surface area contributed by atoms with E-state index in [0.717, 1.165) is 19.4 Å². The van der Waals surface area contributed by atoms with Gasteiger partial charge in [-0.25, -0.2) is 0 Å². The van der Waals surface area contributed by atoms with Gasteiger partial charge in [0.1, 0.15) is 5.69 Å². The molecule has 1 aliphatic carbocycles. The maximum absolute atomic E-state index is 12.1. The largest absolute Gasteiger partial charge is 0.340 e. The Bertz CT molecular complexity index is 381. The molecule has 0 saturated heterocycles. The van der Waals surface area contributed by atoms with Crippen LogP contribution in [0.5, 0.6) is 0 Å². The summed E-state index contributed by atoms with van der Waals surface area (Å²) < 4.78 is 0. The number of carbonyl (C=O) groups excluding carboxylic acids is 1. The molecule has 0 radical (unpaired) electrons. The first-order valence-electron chi connectivity index (χ1n) is 6.03. The summed E-state index contributed by atoms with van der Waals surface area (Å²) >= 11 is 0. The fourth-order valence-corrected chi connectivity index (χ4v) is 2.36. The summed E-state index contributed by atoms with van der Waals surface area (Å²) in [6.07, 6.45) is 5.12. The summed E-state index contributed by atoms with van der Waals surface area (Å²) in [6, 6.07) is 5.38. The molecule has 1 heterocycles. The monoisotopic (exact) mass is 233 g/mol. The molecule has 92 valence electrons. The summed E-state index contributed by atoms with van der Waals surface area (Å²) in [5.74, 6) is -0.0228. The Balaban J connectivity index is 2.01. The molecule has 0 spiro atoms. The van der Waals surface area contributed by atoms with Gasteiger partial charge in [-0.2, -0.15) is 0 Å². The van der Waals surface area contributed by atoms with Crippen LogP contribution in [0.15, 0.2) is 24.4 Å². The van der Waals surface area contributed by atoms with Gasteiger partial charge in [-0.05, 0) is 31.5 Å². The lowest BCUT2D eigenvalue weighted by Crippen LogP contribution is -2.47. The normalized spacial score (nSPS) is 17.3. The second-order valence-corrected chi connectivity index (χ2v) is 4.93. The third kappa shape index (κ3) is 2.47. The summed E-state index contributed by atoms with van der Waals surface area (Å²) in [5.41, 5.74) is 6.46. The van der Waals surface area contributed by atoms with Gasteiger partial charge in [0, 0.05) is 25.2 Å². The van der Waals surface area contributed by atoms with Gasteiger partial charge < -0.3 is 10.6 Å². The molecule has 1 saturated carbocycles. The quantitative estimate of drug-likeness (QED) is 0.852. The van der Waals surface area contributed by atoms with E-state index in [1.807, 2.05) is 19.2 Å². The van der Waals surface area contributed by atoms with Crippen LogP contribution in [0, 0.1) is 5.41 Å². The van der Waals surface area contributed by atoms with E-state index in [1.54, 1.807) is 17.2 Å². The molecule has 1 aliphatic rings. The molecule has 0 aromatic carbocycles. The lowest BCUT2D eigenvalue weighted by molar-refractivity contribution is 0.0563. The molecule has 1 fully saturated rings. The smallest absolute Gasteiger partial charge is 0.272 e. The van der Waals surface area contributed by atoms with Crippen LogP contribution in [-0.2, 0) is 0 Å². The number of carbonyl (C=O) groups is 1. The third-order valence-electron chi connectivity index (χ3n) is 3.65. The Hall–Kier alpha value is -1.42. The first kappa shape index (κ1) is 12.0. The zero-order chi connectivity index (χ0) is 12.3. The summed E-state index contributed by atoms with van der Waals surface area (Å²) in [5, 5.41) is 0. The van der Waals surface area contributed by atoms with Crippen molar-refractivity contribution in [1.29, 1.82) is 0 Å². The van der Waals surface area contributed by atoms with E-state index in [1.165, 1.54) is 6.42 Å². The summed E-state index contributed by atoms with van der Waals surface area (Å²) in [4.78, 5) is 17.9. The fraction of sp³-hybridized carbons (Fsp3) is 0.538. The van der Waals surface area contributed by atoms with Crippen molar-refractivity contribution in [1.82, 2.24) is 9.88 Å². The lowest BCUT2D eigenvalue weighted by Gasteiger charge is -2.43. The predicted octanol–water partition coefficient (Wildman–Crippen LogP) is 1.28. The molecule has 4 heteroatoms. The molecule has 0 bridgehead atoms. The second-order valence-electron chi connectivity index (χ2n) is 4.93. The van der Waals surface area contributed by atoms with Crippen LogP contribution in [0.4, 0.5) is 0 Å². The predicted molar refractivity (Wildman–Crippen MR) is 66.5 cm³/mol. The molecule has 17 heavy (non-hydrogen) atoms.